The van der Waals surface area contributed by atoms with Gasteiger partial charge in [0.15, 0.2) is 5.65 Å². The van der Waals surface area contributed by atoms with E-state index in [1.165, 1.54) is 0 Å². The first-order chi connectivity index (χ1) is 15.5. The minimum atomic E-state index is -0.545. The molecule has 0 spiro atoms. The Labute approximate surface area is 190 Å². The van der Waals surface area contributed by atoms with E-state index in [4.69, 9.17) is 16.6 Å². The fourth-order valence-electron chi connectivity index (χ4n) is 4.75. The number of likely N-dealkylation sites (tertiary alicyclic amines) is 1. The number of hydrogen-bond donors (Lipinski definition) is 1. The first kappa shape index (κ1) is 20.8. The van der Waals surface area contributed by atoms with Gasteiger partial charge in [0.2, 0.25) is 5.91 Å². The number of aliphatic hydroxyl groups excluding tert-OH is 1. The van der Waals surface area contributed by atoms with Gasteiger partial charge in [-0.1, -0.05) is 35.9 Å². The number of amides is 1. The molecule has 8 heteroatoms. The van der Waals surface area contributed by atoms with E-state index in [9.17, 15) is 14.7 Å². The fraction of sp³-hybridized carbons (Fsp3) is 0.333. The largest absolute Gasteiger partial charge is 0.393 e. The van der Waals surface area contributed by atoms with Crippen LogP contribution < -0.4 is 4.90 Å². The topological polar surface area (TPSA) is 86.6 Å². The second-order valence-corrected chi connectivity index (χ2v) is 8.69. The highest BCUT2D eigenvalue weighted by Crippen LogP contribution is 2.45. The number of aliphatic hydroxyl groups is 1. The Morgan fingerprint density at radius 3 is 2.53 bits per heavy atom. The summed E-state index contributed by atoms with van der Waals surface area (Å²) >= 11 is 6.06. The summed E-state index contributed by atoms with van der Waals surface area (Å²) in [4.78, 5) is 38.1. The minimum absolute atomic E-state index is 0.00945. The molecule has 1 amide bonds. The fourth-order valence-corrected chi connectivity index (χ4v) is 4.89. The summed E-state index contributed by atoms with van der Waals surface area (Å²) in [5.74, 6) is 0.586. The highest BCUT2D eigenvalue weighted by atomic mass is 35.5. The molecule has 2 aromatic heterocycles. The average Bonchev–Trinajstić information content (AvgIpc) is 3.12. The smallest absolute Gasteiger partial charge is 0.224 e. The van der Waals surface area contributed by atoms with Crippen molar-refractivity contribution < 1.29 is 14.7 Å². The molecule has 0 aliphatic carbocycles. The number of aldehydes is 1. The summed E-state index contributed by atoms with van der Waals surface area (Å²) in [6.07, 6.45) is 1.96. The number of carbonyl (C=O) groups is 2. The third-order valence-corrected chi connectivity index (χ3v) is 6.60. The number of piperidine rings is 1. The number of carbonyl (C=O) groups excluding carboxylic acids is 2. The van der Waals surface area contributed by atoms with Crippen molar-refractivity contribution in [3.63, 3.8) is 0 Å². The van der Waals surface area contributed by atoms with Crippen LogP contribution in [-0.2, 0) is 9.59 Å². The Kier molecular flexibility index (Phi) is 5.53. The molecule has 0 bridgehead atoms. The molecule has 164 valence electrons. The molecular weight excluding hydrogens is 428 g/mol. The first-order valence-corrected chi connectivity index (χ1v) is 11.1. The zero-order valence-corrected chi connectivity index (χ0v) is 18.2. The Bertz CT molecular complexity index is 1180. The first-order valence-electron chi connectivity index (χ1n) is 10.8. The van der Waals surface area contributed by atoms with Gasteiger partial charge in [-0.25, -0.2) is 9.97 Å². The number of nitrogens with zero attached hydrogens (tertiary/aromatic N) is 4. The van der Waals surface area contributed by atoms with E-state index < -0.39 is 6.04 Å². The SMILES string of the molecule is O=CC1c2ccccc2C(CC(=O)N2CCC(O)CC2)N1c1ccc2ccc(Cl)nc2n1. The maximum absolute atomic E-state index is 13.2. The van der Waals surface area contributed by atoms with Crippen molar-refractivity contribution in [2.24, 2.45) is 0 Å². The van der Waals surface area contributed by atoms with Gasteiger partial charge >= 0.3 is 0 Å². The lowest BCUT2D eigenvalue weighted by atomic mass is 9.99. The van der Waals surface area contributed by atoms with Crippen LogP contribution in [0.3, 0.4) is 0 Å². The molecule has 0 saturated carbocycles. The van der Waals surface area contributed by atoms with Crippen LogP contribution in [0.1, 0.15) is 42.5 Å². The summed E-state index contributed by atoms with van der Waals surface area (Å²) in [5.41, 5.74) is 2.33. The lowest BCUT2D eigenvalue weighted by Gasteiger charge is -2.33. The van der Waals surface area contributed by atoms with Gasteiger partial charge in [-0.3, -0.25) is 4.79 Å². The highest BCUT2D eigenvalue weighted by Gasteiger charge is 2.40. The lowest BCUT2D eigenvalue weighted by molar-refractivity contribution is -0.133. The number of benzene rings is 1. The second kappa shape index (κ2) is 8.48. The third kappa shape index (κ3) is 3.72. The summed E-state index contributed by atoms with van der Waals surface area (Å²) < 4.78 is 0. The number of pyridine rings is 2. The van der Waals surface area contributed by atoms with Gasteiger partial charge in [-0.15, -0.1) is 0 Å². The van der Waals surface area contributed by atoms with Crippen molar-refractivity contribution in [3.05, 3.63) is 64.8 Å². The normalized spacial score (nSPS) is 21.1. The molecule has 1 saturated heterocycles. The maximum atomic E-state index is 13.2. The number of anilines is 1. The molecule has 5 rings (SSSR count). The zero-order chi connectivity index (χ0) is 22.2. The predicted octanol–water partition coefficient (Wildman–Crippen LogP) is 3.46. The van der Waals surface area contributed by atoms with Gasteiger partial charge in [0.05, 0.1) is 18.6 Å². The van der Waals surface area contributed by atoms with Gasteiger partial charge in [0.25, 0.3) is 0 Å². The van der Waals surface area contributed by atoms with Crippen molar-refractivity contribution in [1.29, 1.82) is 0 Å². The highest BCUT2D eigenvalue weighted by molar-refractivity contribution is 6.29. The Balaban J connectivity index is 1.53. The standard InChI is InChI=1S/C24H23ClN4O3/c25-21-7-5-15-6-8-22(27-24(15)26-21)29-19(13-23(32)28-11-9-16(31)10-12-28)17-3-1-2-4-18(17)20(29)14-30/h1-8,14,16,19-20,31H,9-13H2. The molecule has 2 unspecified atom stereocenters. The molecule has 7 nitrogen and oxygen atoms in total. The number of aromatic nitrogens is 2. The van der Waals surface area contributed by atoms with Gasteiger partial charge in [0.1, 0.15) is 23.3 Å². The summed E-state index contributed by atoms with van der Waals surface area (Å²) in [7, 11) is 0. The van der Waals surface area contributed by atoms with E-state index in [2.05, 4.69) is 4.98 Å². The van der Waals surface area contributed by atoms with E-state index in [1.807, 2.05) is 47.4 Å². The predicted molar refractivity (Wildman–Crippen MR) is 121 cm³/mol. The minimum Gasteiger partial charge on any atom is -0.393 e. The van der Waals surface area contributed by atoms with Crippen LogP contribution in [0.25, 0.3) is 11.0 Å². The van der Waals surface area contributed by atoms with Crippen LogP contribution in [0.4, 0.5) is 5.82 Å². The van der Waals surface area contributed by atoms with Gasteiger partial charge in [0, 0.05) is 18.5 Å². The summed E-state index contributed by atoms with van der Waals surface area (Å²) in [5, 5.41) is 11.0. The van der Waals surface area contributed by atoms with Gasteiger partial charge in [-0.05, 0) is 48.2 Å². The summed E-state index contributed by atoms with van der Waals surface area (Å²) in [6.45, 7) is 1.09. The Morgan fingerprint density at radius 1 is 1.06 bits per heavy atom. The molecule has 3 aromatic rings. The van der Waals surface area contributed by atoms with Crippen molar-refractivity contribution in [3.8, 4) is 0 Å². The van der Waals surface area contributed by atoms with Crippen LogP contribution in [0.2, 0.25) is 5.15 Å². The molecule has 32 heavy (non-hydrogen) atoms. The number of rotatable bonds is 4. The molecule has 4 heterocycles. The number of halogens is 1. The molecular formula is C24H23ClN4O3. The van der Waals surface area contributed by atoms with Gasteiger partial charge in [-0.2, -0.15) is 0 Å². The van der Waals surface area contributed by atoms with Crippen LogP contribution in [-0.4, -0.2) is 51.4 Å². The zero-order valence-electron chi connectivity index (χ0n) is 17.4. The Hall–Kier alpha value is -3.03. The van der Waals surface area contributed by atoms with Gasteiger partial charge < -0.3 is 19.7 Å². The van der Waals surface area contributed by atoms with Crippen molar-refractivity contribution in [2.45, 2.75) is 37.5 Å². The van der Waals surface area contributed by atoms with Crippen LogP contribution in [0, 0.1) is 0 Å². The molecule has 1 N–H and O–H groups in total. The van der Waals surface area contributed by atoms with Crippen molar-refractivity contribution >= 4 is 40.6 Å². The van der Waals surface area contributed by atoms with E-state index in [0.29, 0.717) is 42.5 Å². The quantitative estimate of drug-likeness (QED) is 0.484. The van der Waals surface area contributed by atoms with E-state index in [0.717, 1.165) is 22.8 Å². The monoisotopic (exact) mass is 450 g/mol. The van der Waals surface area contributed by atoms with E-state index >= 15 is 0 Å². The summed E-state index contributed by atoms with van der Waals surface area (Å²) in [6, 6.07) is 14.2. The van der Waals surface area contributed by atoms with Crippen LogP contribution >= 0.6 is 11.6 Å². The molecule has 2 aliphatic rings. The molecule has 1 fully saturated rings. The van der Waals surface area contributed by atoms with Crippen molar-refractivity contribution in [2.75, 3.05) is 18.0 Å². The molecule has 2 atom stereocenters. The third-order valence-electron chi connectivity index (χ3n) is 6.39. The number of fused-ring (bicyclic) bond motifs is 2. The maximum Gasteiger partial charge on any atom is 0.224 e. The molecule has 0 radical (unpaired) electrons. The lowest BCUT2D eigenvalue weighted by Crippen LogP contribution is -2.41. The van der Waals surface area contributed by atoms with E-state index in [-0.39, 0.29) is 24.5 Å². The number of hydrogen-bond acceptors (Lipinski definition) is 6. The molecule has 2 aliphatic heterocycles. The average molecular weight is 451 g/mol. The van der Waals surface area contributed by atoms with Crippen LogP contribution in [0.15, 0.2) is 48.5 Å². The Morgan fingerprint density at radius 2 is 1.78 bits per heavy atom. The second-order valence-electron chi connectivity index (χ2n) is 8.30. The van der Waals surface area contributed by atoms with Crippen LogP contribution in [0.5, 0.6) is 0 Å². The van der Waals surface area contributed by atoms with Crippen molar-refractivity contribution in [1.82, 2.24) is 14.9 Å². The molecule has 1 aromatic carbocycles. The van der Waals surface area contributed by atoms with E-state index in [1.54, 1.807) is 11.0 Å².